The van der Waals surface area contributed by atoms with Crippen molar-refractivity contribution >= 4 is 11.8 Å². The van der Waals surface area contributed by atoms with Crippen molar-refractivity contribution in [2.45, 2.75) is 38.3 Å². The van der Waals surface area contributed by atoms with Gasteiger partial charge in [-0.25, -0.2) is 4.79 Å². The van der Waals surface area contributed by atoms with Gasteiger partial charge in [0.15, 0.2) is 0 Å². The van der Waals surface area contributed by atoms with Gasteiger partial charge in [-0.1, -0.05) is 0 Å². The first kappa shape index (κ1) is 20.3. The van der Waals surface area contributed by atoms with Crippen LogP contribution in [0.5, 0.6) is 0 Å². The number of nitrogens with zero attached hydrogens (tertiary/aromatic N) is 2. The first-order chi connectivity index (χ1) is 13.5. The number of carbonyl (C=O) groups excluding carboxylic acids is 2. The zero-order chi connectivity index (χ0) is 20.1. The molecule has 154 valence electrons. The third-order valence-corrected chi connectivity index (χ3v) is 5.38. The quantitative estimate of drug-likeness (QED) is 0.677. The van der Waals surface area contributed by atoms with E-state index >= 15 is 0 Å². The average Bonchev–Trinajstić information content (AvgIpc) is 3.31. The summed E-state index contributed by atoms with van der Waals surface area (Å²) in [5, 5.41) is 2.99. The summed E-state index contributed by atoms with van der Waals surface area (Å²) >= 11 is 0. The van der Waals surface area contributed by atoms with Crippen LogP contribution >= 0.6 is 0 Å². The number of hydrogen-bond acceptors (Lipinski definition) is 6. The van der Waals surface area contributed by atoms with Crippen molar-refractivity contribution in [3.8, 4) is 0 Å². The number of ether oxygens (including phenoxy) is 1. The van der Waals surface area contributed by atoms with Gasteiger partial charge in [-0.05, 0) is 31.8 Å². The highest BCUT2D eigenvalue weighted by atomic mass is 16.5. The van der Waals surface area contributed by atoms with Crippen LogP contribution in [0.2, 0.25) is 0 Å². The predicted octanol–water partition coefficient (Wildman–Crippen LogP) is 0.356. The van der Waals surface area contributed by atoms with Crippen LogP contribution in [-0.2, 0) is 9.53 Å². The van der Waals surface area contributed by atoms with Gasteiger partial charge in [0, 0.05) is 51.4 Å². The first-order valence-electron chi connectivity index (χ1n) is 9.66. The van der Waals surface area contributed by atoms with Crippen molar-refractivity contribution in [1.29, 1.82) is 0 Å². The fraction of sp³-hybridized carbons (Fsp3) is 0.632. The van der Waals surface area contributed by atoms with E-state index < -0.39 is 5.76 Å². The summed E-state index contributed by atoms with van der Waals surface area (Å²) in [7, 11) is 1.61. The second kappa shape index (κ2) is 9.20. The van der Waals surface area contributed by atoms with E-state index in [-0.39, 0.29) is 29.7 Å². The molecule has 1 aromatic heterocycles. The smallest absolute Gasteiger partial charge is 0.403 e. The van der Waals surface area contributed by atoms with Gasteiger partial charge in [0.25, 0.3) is 5.91 Å². The second-order valence-corrected chi connectivity index (χ2v) is 7.41. The zero-order valence-corrected chi connectivity index (χ0v) is 16.4. The molecule has 1 aliphatic heterocycles. The molecule has 0 radical (unpaired) electrons. The van der Waals surface area contributed by atoms with Crippen molar-refractivity contribution in [2.24, 2.45) is 0 Å². The monoisotopic (exact) mass is 392 g/mol. The van der Waals surface area contributed by atoms with Crippen molar-refractivity contribution in [1.82, 2.24) is 20.1 Å². The van der Waals surface area contributed by atoms with Gasteiger partial charge < -0.3 is 19.4 Å². The minimum Gasteiger partial charge on any atom is -0.403 e. The minimum absolute atomic E-state index is 0.00396. The first-order valence-corrected chi connectivity index (χ1v) is 9.66. The predicted molar refractivity (Wildman–Crippen MR) is 102 cm³/mol. The Morgan fingerprint density at radius 2 is 2.07 bits per heavy atom. The Morgan fingerprint density at radius 1 is 1.32 bits per heavy atom. The van der Waals surface area contributed by atoms with E-state index in [1.165, 1.54) is 6.20 Å². The van der Waals surface area contributed by atoms with Crippen LogP contribution in [0.1, 0.15) is 36.7 Å². The Labute approximate surface area is 163 Å². The summed E-state index contributed by atoms with van der Waals surface area (Å²) in [6, 6.07) is 0.247. The maximum atomic E-state index is 12.4. The second-order valence-electron chi connectivity index (χ2n) is 7.41. The standard InChI is InChI=1S/C19H28N4O5/c1-13(12-27-2)10-17(24)23-8-6-22(7-9-23)15-5-3-4-14(15)21-18(25)16-11-20-19(26)28-16/h10-11,14-15H,3-9,12H2,1-2H3,(H,20,26)(H,21,25)/b13-10+/t14-,15+/m0/s1. The molecule has 3 rings (SSSR count). The van der Waals surface area contributed by atoms with Gasteiger partial charge in [0.05, 0.1) is 12.8 Å². The lowest BCUT2D eigenvalue weighted by molar-refractivity contribution is -0.128. The van der Waals surface area contributed by atoms with Crippen LogP contribution in [0.25, 0.3) is 0 Å². The molecule has 2 amide bonds. The molecule has 0 unspecified atom stereocenters. The van der Waals surface area contributed by atoms with Crippen LogP contribution < -0.4 is 11.1 Å². The largest absolute Gasteiger partial charge is 0.416 e. The summed E-state index contributed by atoms with van der Waals surface area (Å²) in [4.78, 5) is 42.3. The van der Waals surface area contributed by atoms with Gasteiger partial charge >= 0.3 is 5.76 Å². The summed E-state index contributed by atoms with van der Waals surface area (Å²) in [5.41, 5.74) is 0.907. The SMILES string of the molecule is COC/C(C)=C/C(=O)N1CCN([C@@H]2CCC[C@@H]2NC(=O)c2c[nH]c(=O)o2)CC1. The van der Waals surface area contributed by atoms with Gasteiger partial charge in [-0.3, -0.25) is 19.5 Å². The average molecular weight is 392 g/mol. The molecule has 1 aliphatic carbocycles. The zero-order valence-electron chi connectivity index (χ0n) is 16.4. The number of piperazine rings is 1. The van der Waals surface area contributed by atoms with E-state index in [1.807, 2.05) is 11.8 Å². The third-order valence-electron chi connectivity index (χ3n) is 5.38. The van der Waals surface area contributed by atoms with Crippen LogP contribution in [0, 0.1) is 0 Å². The molecule has 2 N–H and O–H groups in total. The van der Waals surface area contributed by atoms with E-state index in [4.69, 9.17) is 9.15 Å². The van der Waals surface area contributed by atoms with E-state index in [0.717, 1.165) is 37.9 Å². The fourth-order valence-corrected chi connectivity index (χ4v) is 4.03. The number of methoxy groups -OCH3 is 1. The molecule has 2 atom stereocenters. The van der Waals surface area contributed by atoms with E-state index in [0.29, 0.717) is 19.7 Å². The molecule has 0 spiro atoms. The molecular weight excluding hydrogens is 364 g/mol. The highest BCUT2D eigenvalue weighted by Crippen LogP contribution is 2.25. The Kier molecular flexibility index (Phi) is 6.69. The Balaban J connectivity index is 1.53. The number of H-pyrrole nitrogens is 1. The molecule has 0 aromatic carbocycles. The summed E-state index contributed by atoms with van der Waals surface area (Å²) in [6.45, 7) is 5.23. The number of amides is 2. The number of rotatable bonds is 6. The Bertz CT molecular complexity index is 775. The van der Waals surface area contributed by atoms with Crippen molar-refractivity contribution in [3.63, 3.8) is 0 Å². The summed E-state index contributed by atoms with van der Waals surface area (Å²) in [5.74, 6) is -0.983. The van der Waals surface area contributed by atoms with Crippen molar-refractivity contribution < 1.29 is 18.7 Å². The number of nitrogens with one attached hydrogen (secondary N) is 2. The maximum Gasteiger partial charge on any atom is 0.416 e. The van der Waals surface area contributed by atoms with Crippen LogP contribution in [0.3, 0.4) is 0 Å². The Hall–Kier alpha value is -2.39. The highest BCUT2D eigenvalue weighted by Gasteiger charge is 2.35. The number of aromatic nitrogens is 1. The minimum atomic E-state index is -0.635. The lowest BCUT2D eigenvalue weighted by Gasteiger charge is -2.40. The van der Waals surface area contributed by atoms with E-state index in [1.54, 1.807) is 13.2 Å². The number of hydrogen-bond donors (Lipinski definition) is 2. The van der Waals surface area contributed by atoms with Gasteiger partial charge in [0.2, 0.25) is 11.7 Å². The van der Waals surface area contributed by atoms with Gasteiger partial charge in [0.1, 0.15) is 0 Å². The Morgan fingerprint density at radius 3 is 2.71 bits per heavy atom. The fourth-order valence-electron chi connectivity index (χ4n) is 4.03. The van der Waals surface area contributed by atoms with Crippen LogP contribution in [0.4, 0.5) is 0 Å². The van der Waals surface area contributed by atoms with Crippen molar-refractivity contribution in [2.75, 3.05) is 39.9 Å². The van der Waals surface area contributed by atoms with Crippen LogP contribution in [-0.4, -0.2) is 78.6 Å². The molecule has 2 fully saturated rings. The molecule has 1 saturated heterocycles. The molecule has 2 heterocycles. The molecule has 0 bridgehead atoms. The van der Waals surface area contributed by atoms with Gasteiger partial charge in [-0.2, -0.15) is 0 Å². The van der Waals surface area contributed by atoms with Crippen molar-refractivity contribution in [3.05, 3.63) is 34.2 Å². The number of aromatic amines is 1. The number of oxazole rings is 1. The summed E-state index contributed by atoms with van der Waals surface area (Å²) in [6.07, 6.45) is 5.85. The number of carbonyl (C=O) groups is 2. The molecule has 1 saturated carbocycles. The molecule has 1 aromatic rings. The van der Waals surface area contributed by atoms with E-state index in [2.05, 4.69) is 15.2 Å². The van der Waals surface area contributed by atoms with Crippen LogP contribution in [0.15, 0.2) is 27.1 Å². The van der Waals surface area contributed by atoms with E-state index in [9.17, 15) is 14.4 Å². The highest BCUT2D eigenvalue weighted by molar-refractivity contribution is 5.91. The summed E-state index contributed by atoms with van der Waals surface area (Å²) < 4.78 is 9.88. The lowest BCUT2D eigenvalue weighted by atomic mass is 10.1. The normalized spacial score (nSPS) is 23.8. The van der Waals surface area contributed by atoms with Gasteiger partial charge in [-0.15, -0.1) is 0 Å². The molecular formula is C19H28N4O5. The maximum absolute atomic E-state index is 12.4. The molecule has 9 heteroatoms. The molecule has 9 nitrogen and oxygen atoms in total. The lowest BCUT2D eigenvalue weighted by Crippen LogP contribution is -2.56. The molecule has 2 aliphatic rings. The molecule has 28 heavy (non-hydrogen) atoms. The third kappa shape index (κ3) is 4.90. The topological polar surface area (TPSA) is 108 Å².